The SMILES string of the molecule is COc1cc2c(N3CCC(c4ccn[nH]4)C3)ncnc2c(OC)c1OC. The van der Waals surface area contributed by atoms with Crippen molar-refractivity contribution in [2.45, 2.75) is 12.3 Å². The molecule has 0 saturated carbocycles. The standard InChI is InChI=1S/C18H21N5O3/c1-24-14-8-12-15(17(26-3)16(14)25-2)19-10-20-18(12)23-7-5-11(9-23)13-4-6-21-22-13/h4,6,8,10-11H,5,7,9H2,1-3H3,(H,21,22). The van der Waals surface area contributed by atoms with Gasteiger partial charge < -0.3 is 19.1 Å². The zero-order valence-electron chi connectivity index (χ0n) is 15.0. The van der Waals surface area contributed by atoms with E-state index < -0.39 is 0 Å². The topological polar surface area (TPSA) is 85.4 Å². The Kier molecular flexibility index (Phi) is 4.24. The molecule has 0 radical (unpaired) electrons. The fourth-order valence-electron chi connectivity index (χ4n) is 3.60. The number of rotatable bonds is 5. The third-order valence-electron chi connectivity index (χ3n) is 4.86. The molecule has 3 aromatic rings. The number of nitrogens with zero attached hydrogens (tertiary/aromatic N) is 4. The van der Waals surface area contributed by atoms with Crippen molar-refractivity contribution in [1.29, 1.82) is 0 Å². The first kappa shape index (κ1) is 16.4. The van der Waals surface area contributed by atoms with E-state index in [-0.39, 0.29) is 0 Å². The number of anilines is 1. The smallest absolute Gasteiger partial charge is 0.205 e. The molecule has 1 N–H and O–H groups in total. The Morgan fingerprint density at radius 1 is 1.12 bits per heavy atom. The second kappa shape index (κ2) is 6.70. The van der Waals surface area contributed by atoms with Gasteiger partial charge in [0.05, 0.1) is 26.7 Å². The molecule has 1 aliphatic rings. The third-order valence-corrected chi connectivity index (χ3v) is 4.86. The normalized spacial score (nSPS) is 16.9. The van der Waals surface area contributed by atoms with Gasteiger partial charge in [0, 0.05) is 30.9 Å². The van der Waals surface area contributed by atoms with E-state index in [0.717, 1.165) is 36.4 Å². The molecule has 0 amide bonds. The second-order valence-electron chi connectivity index (χ2n) is 6.18. The minimum absolute atomic E-state index is 0.407. The summed E-state index contributed by atoms with van der Waals surface area (Å²) in [6, 6.07) is 3.94. The highest BCUT2D eigenvalue weighted by Crippen LogP contribution is 2.45. The second-order valence-corrected chi connectivity index (χ2v) is 6.18. The van der Waals surface area contributed by atoms with Gasteiger partial charge in [-0.2, -0.15) is 5.10 Å². The van der Waals surface area contributed by atoms with E-state index in [2.05, 4.69) is 25.1 Å². The van der Waals surface area contributed by atoms with Gasteiger partial charge in [0.2, 0.25) is 5.75 Å². The van der Waals surface area contributed by atoms with Crippen molar-refractivity contribution in [2.75, 3.05) is 39.3 Å². The molecule has 2 aromatic heterocycles. The van der Waals surface area contributed by atoms with Crippen LogP contribution in [0.4, 0.5) is 5.82 Å². The first-order valence-corrected chi connectivity index (χ1v) is 8.44. The van der Waals surface area contributed by atoms with Gasteiger partial charge in [0.1, 0.15) is 17.7 Å². The van der Waals surface area contributed by atoms with Gasteiger partial charge in [0.25, 0.3) is 0 Å². The van der Waals surface area contributed by atoms with E-state index in [1.807, 2.05) is 12.1 Å². The van der Waals surface area contributed by atoms with Crippen LogP contribution in [0.1, 0.15) is 18.0 Å². The quantitative estimate of drug-likeness (QED) is 0.752. The third kappa shape index (κ3) is 2.58. The lowest BCUT2D eigenvalue weighted by molar-refractivity contribution is 0.327. The number of hydrogen-bond acceptors (Lipinski definition) is 7. The first-order valence-electron chi connectivity index (χ1n) is 8.44. The Morgan fingerprint density at radius 3 is 2.65 bits per heavy atom. The van der Waals surface area contributed by atoms with Gasteiger partial charge >= 0.3 is 0 Å². The summed E-state index contributed by atoms with van der Waals surface area (Å²) in [5.74, 6) is 2.96. The fraction of sp³-hybridized carbons (Fsp3) is 0.389. The maximum absolute atomic E-state index is 5.56. The van der Waals surface area contributed by atoms with Crippen molar-refractivity contribution in [3.05, 3.63) is 30.4 Å². The summed E-state index contributed by atoms with van der Waals surface area (Å²) in [5, 5.41) is 8.02. The minimum atomic E-state index is 0.407. The van der Waals surface area contributed by atoms with Crippen LogP contribution in [0.15, 0.2) is 24.7 Å². The van der Waals surface area contributed by atoms with Gasteiger partial charge in [-0.25, -0.2) is 9.97 Å². The predicted molar refractivity (Wildman–Crippen MR) is 97.4 cm³/mol. The number of ether oxygens (including phenoxy) is 3. The number of aromatic amines is 1. The molecule has 1 aliphatic heterocycles. The zero-order valence-corrected chi connectivity index (χ0v) is 15.0. The van der Waals surface area contributed by atoms with E-state index in [9.17, 15) is 0 Å². The molecule has 8 nitrogen and oxygen atoms in total. The van der Waals surface area contributed by atoms with Crippen LogP contribution >= 0.6 is 0 Å². The highest BCUT2D eigenvalue weighted by Gasteiger charge is 2.28. The molecule has 1 fully saturated rings. The van der Waals surface area contributed by atoms with Crippen LogP contribution in [0.3, 0.4) is 0 Å². The Labute approximate surface area is 151 Å². The molecule has 26 heavy (non-hydrogen) atoms. The lowest BCUT2D eigenvalue weighted by atomic mass is 10.1. The predicted octanol–water partition coefficient (Wildman–Crippen LogP) is 2.37. The van der Waals surface area contributed by atoms with Crippen LogP contribution < -0.4 is 19.1 Å². The van der Waals surface area contributed by atoms with E-state index in [0.29, 0.717) is 28.7 Å². The molecule has 4 rings (SSSR count). The molecule has 1 aromatic carbocycles. The molecule has 0 spiro atoms. The largest absolute Gasteiger partial charge is 0.493 e. The van der Waals surface area contributed by atoms with Gasteiger partial charge in [-0.15, -0.1) is 0 Å². The highest BCUT2D eigenvalue weighted by molar-refractivity contribution is 5.97. The summed E-state index contributed by atoms with van der Waals surface area (Å²) in [5.41, 5.74) is 1.86. The summed E-state index contributed by atoms with van der Waals surface area (Å²) in [7, 11) is 4.79. The van der Waals surface area contributed by atoms with Gasteiger partial charge in [-0.3, -0.25) is 5.10 Å². The lowest BCUT2D eigenvalue weighted by Gasteiger charge is -2.21. The number of nitrogens with one attached hydrogen (secondary N) is 1. The Morgan fingerprint density at radius 2 is 1.96 bits per heavy atom. The van der Waals surface area contributed by atoms with Crippen LogP contribution in [-0.2, 0) is 0 Å². The van der Waals surface area contributed by atoms with E-state index in [1.54, 1.807) is 33.9 Å². The summed E-state index contributed by atoms with van der Waals surface area (Å²) >= 11 is 0. The van der Waals surface area contributed by atoms with Gasteiger partial charge in [-0.1, -0.05) is 0 Å². The highest BCUT2D eigenvalue weighted by atomic mass is 16.5. The van der Waals surface area contributed by atoms with Crippen molar-refractivity contribution in [3.8, 4) is 17.2 Å². The van der Waals surface area contributed by atoms with E-state index in [4.69, 9.17) is 14.2 Å². The number of methoxy groups -OCH3 is 3. The molecular weight excluding hydrogens is 334 g/mol. The van der Waals surface area contributed by atoms with Crippen LogP contribution in [0.5, 0.6) is 17.2 Å². The van der Waals surface area contributed by atoms with Crippen LogP contribution in [0, 0.1) is 0 Å². The molecule has 8 heteroatoms. The first-order chi connectivity index (χ1) is 12.8. The Bertz CT molecular complexity index is 913. The van der Waals surface area contributed by atoms with Crippen molar-refractivity contribution in [3.63, 3.8) is 0 Å². The van der Waals surface area contributed by atoms with Crippen LogP contribution in [0.25, 0.3) is 10.9 Å². The molecule has 1 unspecified atom stereocenters. The van der Waals surface area contributed by atoms with Crippen molar-refractivity contribution >= 4 is 16.7 Å². The van der Waals surface area contributed by atoms with E-state index in [1.165, 1.54) is 0 Å². The molecule has 1 saturated heterocycles. The maximum Gasteiger partial charge on any atom is 0.205 e. The van der Waals surface area contributed by atoms with Gasteiger partial charge in [-0.05, 0) is 18.6 Å². The number of hydrogen-bond donors (Lipinski definition) is 1. The molecule has 0 bridgehead atoms. The molecule has 136 valence electrons. The Balaban J connectivity index is 1.79. The Hall–Kier alpha value is -3.03. The van der Waals surface area contributed by atoms with Crippen molar-refractivity contribution < 1.29 is 14.2 Å². The molecule has 1 atom stereocenters. The van der Waals surface area contributed by atoms with Crippen molar-refractivity contribution in [2.24, 2.45) is 0 Å². The number of fused-ring (bicyclic) bond motifs is 1. The summed E-state index contributed by atoms with van der Waals surface area (Å²) in [4.78, 5) is 11.2. The average molecular weight is 355 g/mol. The number of aromatic nitrogens is 4. The molecular formula is C18H21N5O3. The summed E-state index contributed by atoms with van der Waals surface area (Å²) in [6.07, 6.45) is 4.40. The maximum atomic E-state index is 5.56. The molecule has 0 aliphatic carbocycles. The zero-order chi connectivity index (χ0) is 18.1. The fourth-order valence-corrected chi connectivity index (χ4v) is 3.60. The lowest BCUT2D eigenvalue weighted by Crippen LogP contribution is -2.21. The molecule has 3 heterocycles. The number of H-pyrrole nitrogens is 1. The minimum Gasteiger partial charge on any atom is -0.493 e. The monoisotopic (exact) mass is 355 g/mol. The van der Waals surface area contributed by atoms with Gasteiger partial charge in [0.15, 0.2) is 11.5 Å². The number of benzene rings is 1. The summed E-state index contributed by atoms with van der Waals surface area (Å²) < 4.78 is 16.5. The van der Waals surface area contributed by atoms with Crippen LogP contribution in [-0.4, -0.2) is 54.6 Å². The van der Waals surface area contributed by atoms with Crippen molar-refractivity contribution in [1.82, 2.24) is 20.2 Å². The summed E-state index contributed by atoms with van der Waals surface area (Å²) in [6.45, 7) is 1.78. The van der Waals surface area contributed by atoms with E-state index >= 15 is 0 Å². The average Bonchev–Trinajstić information content (AvgIpc) is 3.37. The van der Waals surface area contributed by atoms with Crippen LogP contribution in [0.2, 0.25) is 0 Å².